The minimum atomic E-state index is -4.32. The SMILES string of the molecule is Cc1cnn(-c2cccc(C(F)(F)F)c2)c1C1CC1. The molecule has 0 saturated heterocycles. The summed E-state index contributed by atoms with van der Waals surface area (Å²) in [6.07, 6.45) is -0.428. The maximum atomic E-state index is 12.7. The molecule has 5 heteroatoms. The lowest BCUT2D eigenvalue weighted by molar-refractivity contribution is -0.137. The number of hydrogen-bond acceptors (Lipinski definition) is 1. The van der Waals surface area contributed by atoms with Crippen molar-refractivity contribution in [2.45, 2.75) is 31.9 Å². The van der Waals surface area contributed by atoms with Crippen molar-refractivity contribution in [2.24, 2.45) is 0 Å². The van der Waals surface area contributed by atoms with E-state index >= 15 is 0 Å². The van der Waals surface area contributed by atoms with Crippen LogP contribution in [0.5, 0.6) is 0 Å². The molecule has 19 heavy (non-hydrogen) atoms. The molecule has 0 N–H and O–H groups in total. The number of nitrogens with zero attached hydrogens (tertiary/aromatic N) is 2. The van der Waals surface area contributed by atoms with Crippen molar-refractivity contribution in [3.05, 3.63) is 47.3 Å². The van der Waals surface area contributed by atoms with Gasteiger partial charge < -0.3 is 0 Å². The molecule has 1 fully saturated rings. The summed E-state index contributed by atoms with van der Waals surface area (Å²) >= 11 is 0. The summed E-state index contributed by atoms with van der Waals surface area (Å²) < 4.78 is 39.8. The number of aryl methyl sites for hydroxylation is 1. The Morgan fingerprint density at radius 2 is 2.00 bits per heavy atom. The first-order valence-electron chi connectivity index (χ1n) is 6.19. The zero-order chi connectivity index (χ0) is 13.6. The van der Waals surface area contributed by atoms with E-state index in [1.807, 2.05) is 6.92 Å². The minimum absolute atomic E-state index is 0.442. The molecule has 0 radical (unpaired) electrons. The van der Waals surface area contributed by atoms with E-state index < -0.39 is 11.7 Å². The first-order valence-corrected chi connectivity index (χ1v) is 6.19. The van der Waals surface area contributed by atoms with Crippen LogP contribution in [0.15, 0.2) is 30.5 Å². The van der Waals surface area contributed by atoms with Crippen LogP contribution in [-0.4, -0.2) is 9.78 Å². The van der Waals surface area contributed by atoms with Crippen molar-refractivity contribution >= 4 is 0 Å². The van der Waals surface area contributed by atoms with Crippen LogP contribution in [0.4, 0.5) is 13.2 Å². The van der Waals surface area contributed by atoms with Gasteiger partial charge in [0, 0.05) is 5.92 Å². The molecule has 100 valence electrons. The van der Waals surface area contributed by atoms with Gasteiger partial charge in [-0.2, -0.15) is 18.3 Å². The highest BCUT2D eigenvalue weighted by molar-refractivity contribution is 5.40. The lowest BCUT2D eigenvalue weighted by Crippen LogP contribution is -2.07. The molecule has 3 rings (SSSR count). The van der Waals surface area contributed by atoms with E-state index in [4.69, 9.17) is 0 Å². The number of halogens is 3. The summed E-state index contributed by atoms with van der Waals surface area (Å²) in [4.78, 5) is 0. The zero-order valence-corrected chi connectivity index (χ0v) is 10.4. The van der Waals surface area contributed by atoms with Gasteiger partial charge in [-0.15, -0.1) is 0 Å². The van der Waals surface area contributed by atoms with Crippen LogP contribution in [0.3, 0.4) is 0 Å². The van der Waals surface area contributed by atoms with Gasteiger partial charge in [0.1, 0.15) is 0 Å². The van der Waals surface area contributed by atoms with E-state index in [0.29, 0.717) is 11.6 Å². The second kappa shape index (κ2) is 4.11. The van der Waals surface area contributed by atoms with Crippen LogP contribution in [0, 0.1) is 6.92 Å². The summed E-state index contributed by atoms with van der Waals surface area (Å²) in [6, 6.07) is 5.31. The van der Waals surface area contributed by atoms with Gasteiger partial charge in [0.25, 0.3) is 0 Å². The Labute approximate surface area is 108 Å². The Morgan fingerprint density at radius 1 is 1.26 bits per heavy atom. The predicted molar refractivity (Wildman–Crippen MR) is 65.3 cm³/mol. The molecule has 2 aromatic rings. The normalized spacial score (nSPS) is 15.8. The lowest BCUT2D eigenvalue weighted by atomic mass is 10.1. The molecular formula is C14H13F3N2. The molecule has 2 nitrogen and oxygen atoms in total. The van der Waals surface area contributed by atoms with Crippen molar-refractivity contribution in [1.82, 2.24) is 9.78 Å². The van der Waals surface area contributed by atoms with E-state index in [1.165, 1.54) is 6.07 Å². The predicted octanol–water partition coefficient (Wildman–Crippen LogP) is 4.08. The third kappa shape index (κ3) is 2.25. The second-order valence-electron chi connectivity index (χ2n) is 4.95. The molecule has 1 aromatic heterocycles. The molecule has 1 aromatic carbocycles. The standard InChI is InChI=1S/C14H13F3N2/c1-9-8-18-19(13(9)10-5-6-10)12-4-2-3-11(7-12)14(15,16)17/h2-4,7-8,10H,5-6H2,1H3. The van der Waals surface area contributed by atoms with Crippen molar-refractivity contribution in [2.75, 3.05) is 0 Å². The van der Waals surface area contributed by atoms with Gasteiger partial charge in [0.2, 0.25) is 0 Å². The number of aromatic nitrogens is 2. The van der Waals surface area contributed by atoms with Crippen LogP contribution in [0.2, 0.25) is 0 Å². The summed E-state index contributed by atoms with van der Waals surface area (Å²) in [5, 5.41) is 4.22. The fourth-order valence-electron chi connectivity index (χ4n) is 2.31. The van der Waals surface area contributed by atoms with Crippen LogP contribution < -0.4 is 0 Å². The Bertz CT molecular complexity index is 609. The molecule has 0 aliphatic heterocycles. The smallest absolute Gasteiger partial charge is 0.237 e. The Balaban J connectivity index is 2.07. The monoisotopic (exact) mass is 266 g/mol. The minimum Gasteiger partial charge on any atom is -0.237 e. The van der Waals surface area contributed by atoms with Gasteiger partial charge in [0.15, 0.2) is 0 Å². The van der Waals surface area contributed by atoms with Crippen LogP contribution in [0.1, 0.15) is 35.6 Å². The number of hydrogen-bond donors (Lipinski definition) is 0. The highest BCUT2D eigenvalue weighted by Gasteiger charge is 2.32. The van der Waals surface area contributed by atoms with Crippen molar-refractivity contribution in [3.8, 4) is 5.69 Å². The van der Waals surface area contributed by atoms with Crippen LogP contribution in [-0.2, 0) is 6.18 Å². The highest BCUT2D eigenvalue weighted by atomic mass is 19.4. The zero-order valence-electron chi connectivity index (χ0n) is 10.4. The Morgan fingerprint density at radius 3 is 2.63 bits per heavy atom. The Kier molecular flexibility index (Phi) is 2.66. The summed E-state index contributed by atoms with van der Waals surface area (Å²) in [6.45, 7) is 1.95. The van der Waals surface area contributed by atoms with Gasteiger partial charge in [-0.25, -0.2) is 4.68 Å². The molecular weight excluding hydrogens is 253 g/mol. The van der Waals surface area contributed by atoms with Crippen LogP contribution in [0.25, 0.3) is 5.69 Å². The van der Waals surface area contributed by atoms with E-state index in [0.717, 1.165) is 36.2 Å². The fraction of sp³-hybridized carbons (Fsp3) is 0.357. The van der Waals surface area contributed by atoms with Gasteiger partial charge >= 0.3 is 6.18 Å². The van der Waals surface area contributed by atoms with Gasteiger partial charge in [0.05, 0.1) is 23.1 Å². The van der Waals surface area contributed by atoms with Crippen molar-refractivity contribution in [1.29, 1.82) is 0 Å². The molecule has 0 bridgehead atoms. The number of benzene rings is 1. The van der Waals surface area contributed by atoms with Gasteiger partial charge in [-0.1, -0.05) is 6.07 Å². The molecule has 0 amide bonds. The third-order valence-electron chi connectivity index (χ3n) is 3.38. The molecule has 0 unspecified atom stereocenters. The van der Waals surface area contributed by atoms with E-state index in [1.54, 1.807) is 16.9 Å². The highest BCUT2D eigenvalue weighted by Crippen LogP contribution is 2.42. The molecule has 1 aliphatic rings. The van der Waals surface area contributed by atoms with Gasteiger partial charge in [-0.05, 0) is 43.5 Å². The molecule has 0 atom stereocenters. The topological polar surface area (TPSA) is 17.8 Å². The second-order valence-corrected chi connectivity index (χ2v) is 4.95. The average molecular weight is 266 g/mol. The average Bonchev–Trinajstić information content (AvgIpc) is 3.12. The van der Waals surface area contributed by atoms with Crippen molar-refractivity contribution < 1.29 is 13.2 Å². The van der Waals surface area contributed by atoms with E-state index in [-0.39, 0.29) is 0 Å². The first-order chi connectivity index (χ1) is 8.97. The third-order valence-corrected chi connectivity index (χ3v) is 3.38. The molecule has 1 saturated carbocycles. The summed E-state index contributed by atoms with van der Waals surface area (Å²) in [5.74, 6) is 0.442. The first kappa shape index (κ1) is 12.3. The quantitative estimate of drug-likeness (QED) is 0.801. The van der Waals surface area contributed by atoms with Gasteiger partial charge in [-0.3, -0.25) is 0 Å². The lowest BCUT2D eigenvalue weighted by Gasteiger charge is -2.11. The Hall–Kier alpha value is -1.78. The molecule has 1 heterocycles. The van der Waals surface area contributed by atoms with Crippen molar-refractivity contribution in [3.63, 3.8) is 0 Å². The maximum Gasteiger partial charge on any atom is 0.416 e. The van der Waals surface area contributed by atoms with E-state index in [2.05, 4.69) is 5.10 Å². The largest absolute Gasteiger partial charge is 0.416 e. The van der Waals surface area contributed by atoms with Crippen LogP contribution >= 0.6 is 0 Å². The van der Waals surface area contributed by atoms with E-state index in [9.17, 15) is 13.2 Å². The summed E-state index contributed by atoms with van der Waals surface area (Å²) in [7, 11) is 0. The number of alkyl halides is 3. The number of rotatable bonds is 2. The summed E-state index contributed by atoms with van der Waals surface area (Å²) in [5.41, 5.74) is 1.92. The molecule has 0 spiro atoms. The fourth-order valence-corrected chi connectivity index (χ4v) is 2.31. The maximum absolute atomic E-state index is 12.7. The molecule has 1 aliphatic carbocycles.